The predicted octanol–water partition coefficient (Wildman–Crippen LogP) is 0.448. The summed E-state index contributed by atoms with van der Waals surface area (Å²) in [6, 6.07) is 0. The molecule has 18 heavy (non-hydrogen) atoms. The highest BCUT2D eigenvalue weighted by molar-refractivity contribution is 7.10. The minimum atomic E-state index is -1.49. The molecule has 0 saturated carbocycles. The molecule has 1 aromatic heterocycles. The fourth-order valence-corrected chi connectivity index (χ4v) is 1.44. The Hall–Kier alpha value is -1.81. The summed E-state index contributed by atoms with van der Waals surface area (Å²) in [6.45, 7) is -1.28. The van der Waals surface area contributed by atoms with E-state index in [1.165, 1.54) is 0 Å². The normalized spacial score (nSPS) is 11.1. The first-order valence-electron chi connectivity index (χ1n) is 4.27. The van der Waals surface area contributed by atoms with Crippen molar-refractivity contribution in [3.8, 4) is 0 Å². The Morgan fingerprint density at radius 3 is 2.89 bits per heavy atom. The van der Waals surface area contributed by atoms with E-state index >= 15 is 0 Å². The van der Waals surface area contributed by atoms with Crippen LogP contribution in [-0.2, 0) is 14.4 Å². The van der Waals surface area contributed by atoms with Gasteiger partial charge in [-0.3, -0.25) is 10.1 Å². The smallest absolute Gasteiger partial charge is 0.362 e. The zero-order valence-corrected chi connectivity index (χ0v) is 10.2. The molecule has 0 aliphatic carbocycles. The van der Waals surface area contributed by atoms with Gasteiger partial charge in [0.05, 0.1) is 0 Å². The van der Waals surface area contributed by atoms with Crippen molar-refractivity contribution < 1.29 is 23.9 Å². The number of anilines is 1. The highest BCUT2D eigenvalue weighted by Gasteiger charge is 2.20. The molecular formula is C7H6ClFN4O4S. The summed E-state index contributed by atoms with van der Waals surface area (Å²) in [6.07, 6.45) is 0. The molecular weight excluding hydrogens is 291 g/mol. The number of carbonyl (C=O) groups is 2. The van der Waals surface area contributed by atoms with Crippen molar-refractivity contribution in [1.82, 2.24) is 9.36 Å². The average molecular weight is 297 g/mol. The van der Waals surface area contributed by atoms with E-state index in [1.54, 1.807) is 0 Å². The number of rotatable bonds is 6. The Labute approximate surface area is 109 Å². The Bertz CT molecular complexity index is 480. The van der Waals surface area contributed by atoms with Crippen molar-refractivity contribution in [2.45, 2.75) is 0 Å². The maximum absolute atomic E-state index is 11.7. The van der Waals surface area contributed by atoms with Crippen LogP contribution in [0.5, 0.6) is 0 Å². The summed E-state index contributed by atoms with van der Waals surface area (Å²) in [5, 5.41) is 14.1. The molecule has 0 aliphatic rings. The van der Waals surface area contributed by atoms with Gasteiger partial charge in [-0.2, -0.15) is 9.36 Å². The second-order valence-electron chi connectivity index (χ2n) is 2.59. The number of nitrogens with one attached hydrogen (secondary N) is 1. The van der Waals surface area contributed by atoms with Crippen molar-refractivity contribution in [2.24, 2.45) is 5.16 Å². The van der Waals surface area contributed by atoms with Crippen LogP contribution in [0.4, 0.5) is 9.52 Å². The van der Waals surface area contributed by atoms with E-state index < -0.39 is 24.4 Å². The van der Waals surface area contributed by atoms with Gasteiger partial charge in [0.15, 0.2) is 0 Å². The van der Waals surface area contributed by atoms with Gasteiger partial charge in [-0.05, 0) is 0 Å². The Kier molecular flexibility index (Phi) is 5.39. The molecule has 1 aromatic rings. The largest absolute Gasteiger partial charge is 0.476 e. The third-order valence-electron chi connectivity index (χ3n) is 1.41. The maximum atomic E-state index is 11.7. The van der Waals surface area contributed by atoms with Crippen LogP contribution in [0.15, 0.2) is 5.16 Å². The van der Waals surface area contributed by atoms with Gasteiger partial charge in [-0.1, -0.05) is 5.16 Å². The number of alkyl halides is 2. The number of carbonyl (C=O) groups excluding carboxylic acids is 1. The first kappa shape index (κ1) is 14.3. The third-order valence-corrected chi connectivity index (χ3v) is 2.29. The lowest BCUT2D eigenvalue weighted by Crippen LogP contribution is -2.17. The summed E-state index contributed by atoms with van der Waals surface area (Å²) in [7, 11) is 0. The van der Waals surface area contributed by atoms with E-state index in [4.69, 9.17) is 16.7 Å². The number of oxime groups is 1. The fourth-order valence-electron chi connectivity index (χ4n) is 0.788. The number of carboxylic acids is 1. The molecule has 1 amide bonds. The molecule has 98 valence electrons. The van der Waals surface area contributed by atoms with Crippen LogP contribution < -0.4 is 5.32 Å². The lowest BCUT2D eigenvalue weighted by Gasteiger charge is -1.96. The number of amides is 1. The highest BCUT2D eigenvalue weighted by atomic mass is 35.5. The molecule has 2 N–H and O–H groups in total. The molecule has 8 nitrogen and oxygen atoms in total. The first-order valence-corrected chi connectivity index (χ1v) is 5.58. The third kappa shape index (κ3) is 3.89. The van der Waals surface area contributed by atoms with Gasteiger partial charge in [-0.15, -0.1) is 11.6 Å². The fraction of sp³-hybridized carbons (Fsp3) is 0.286. The van der Waals surface area contributed by atoms with Gasteiger partial charge in [-0.25, -0.2) is 9.18 Å². The monoisotopic (exact) mass is 296 g/mol. The van der Waals surface area contributed by atoms with Gasteiger partial charge < -0.3 is 9.94 Å². The minimum absolute atomic E-state index is 0.0462. The number of carboxylic acid groups (broad SMARTS) is 1. The summed E-state index contributed by atoms with van der Waals surface area (Å²) in [4.78, 5) is 29.4. The van der Waals surface area contributed by atoms with Gasteiger partial charge in [0.1, 0.15) is 5.88 Å². The lowest BCUT2D eigenvalue weighted by atomic mass is 10.4. The van der Waals surface area contributed by atoms with Crippen LogP contribution in [0.2, 0.25) is 0 Å². The summed E-state index contributed by atoms with van der Waals surface area (Å²) >= 11 is 5.98. The topological polar surface area (TPSA) is 114 Å². The minimum Gasteiger partial charge on any atom is -0.476 e. The molecule has 0 radical (unpaired) electrons. The molecule has 0 aromatic carbocycles. The van der Waals surface area contributed by atoms with Gasteiger partial charge >= 0.3 is 5.97 Å². The second-order valence-corrected chi connectivity index (χ2v) is 3.61. The maximum Gasteiger partial charge on any atom is 0.362 e. The van der Waals surface area contributed by atoms with Crippen molar-refractivity contribution in [2.75, 3.05) is 18.1 Å². The Balaban J connectivity index is 2.88. The van der Waals surface area contributed by atoms with Crippen LogP contribution in [0.1, 0.15) is 5.82 Å². The molecule has 0 atom stereocenters. The second kappa shape index (κ2) is 6.81. The molecule has 0 bridgehead atoms. The van der Waals surface area contributed by atoms with E-state index in [1.807, 2.05) is 0 Å². The van der Waals surface area contributed by atoms with Crippen LogP contribution in [0.3, 0.4) is 0 Å². The van der Waals surface area contributed by atoms with E-state index in [9.17, 15) is 14.0 Å². The van der Waals surface area contributed by atoms with Crippen molar-refractivity contribution in [3.63, 3.8) is 0 Å². The Morgan fingerprint density at radius 2 is 2.33 bits per heavy atom. The van der Waals surface area contributed by atoms with Crippen LogP contribution in [0, 0.1) is 0 Å². The van der Waals surface area contributed by atoms with Gasteiger partial charge in [0.2, 0.25) is 22.6 Å². The van der Waals surface area contributed by atoms with E-state index in [0.717, 1.165) is 11.5 Å². The molecule has 0 fully saturated rings. The summed E-state index contributed by atoms with van der Waals surface area (Å²) in [5.74, 6) is -2.59. The Morgan fingerprint density at radius 1 is 1.61 bits per heavy atom. The molecule has 1 rings (SSSR count). The number of hydrogen-bond donors (Lipinski definition) is 2. The average Bonchev–Trinajstić information content (AvgIpc) is 2.77. The molecule has 1 heterocycles. The van der Waals surface area contributed by atoms with Crippen molar-refractivity contribution in [3.05, 3.63) is 5.82 Å². The van der Waals surface area contributed by atoms with E-state index in [-0.39, 0.29) is 16.8 Å². The standard InChI is InChI=1S/C7H6ClFN4O4S/c8-1-3(14)10-7-11-5(13-18-7)4(6(15)16)12-17-2-9/h1-2H2,(H,15,16)(H,10,11,13,14)/b12-4-. The number of nitrogens with zero attached hydrogens (tertiary/aromatic N) is 3. The number of halogens is 2. The summed E-state index contributed by atoms with van der Waals surface area (Å²) in [5.41, 5.74) is -0.671. The summed E-state index contributed by atoms with van der Waals surface area (Å²) < 4.78 is 15.4. The number of aliphatic carboxylic acids is 1. The van der Waals surface area contributed by atoms with Crippen LogP contribution in [0.25, 0.3) is 0 Å². The zero-order valence-electron chi connectivity index (χ0n) is 8.59. The molecule has 0 saturated heterocycles. The van der Waals surface area contributed by atoms with Gasteiger partial charge in [0.25, 0.3) is 6.86 Å². The number of aromatic nitrogens is 2. The molecule has 0 unspecified atom stereocenters. The van der Waals surface area contributed by atoms with Crippen LogP contribution >= 0.6 is 23.1 Å². The lowest BCUT2D eigenvalue weighted by molar-refractivity contribution is -0.129. The molecule has 0 aliphatic heterocycles. The zero-order chi connectivity index (χ0) is 13.5. The molecule has 11 heteroatoms. The SMILES string of the molecule is O=C(CCl)Nc1nc(/C(=N/OCF)C(=O)O)ns1. The quantitative estimate of drug-likeness (QED) is 0.447. The first-order chi connectivity index (χ1) is 8.58. The van der Waals surface area contributed by atoms with E-state index in [0.29, 0.717) is 0 Å². The van der Waals surface area contributed by atoms with Crippen LogP contribution in [-0.4, -0.2) is 44.8 Å². The van der Waals surface area contributed by atoms with E-state index in [2.05, 4.69) is 24.7 Å². The van der Waals surface area contributed by atoms with Crippen molar-refractivity contribution in [1.29, 1.82) is 0 Å². The van der Waals surface area contributed by atoms with Gasteiger partial charge in [0, 0.05) is 11.5 Å². The van der Waals surface area contributed by atoms with Crippen molar-refractivity contribution >= 4 is 45.9 Å². The number of hydrogen-bond acceptors (Lipinski definition) is 7. The predicted molar refractivity (Wildman–Crippen MR) is 60.5 cm³/mol. The molecule has 0 spiro atoms. The highest BCUT2D eigenvalue weighted by Crippen LogP contribution is 2.12.